The van der Waals surface area contributed by atoms with Crippen molar-refractivity contribution < 1.29 is 9.32 Å². The summed E-state index contributed by atoms with van der Waals surface area (Å²) in [5, 5.41) is 6.05. The number of nitrogens with zero attached hydrogens (tertiary/aromatic N) is 4. The first-order valence-electron chi connectivity index (χ1n) is 7.78. The molecule has 8 heteroatoms. The van der Waals surface area contributed by atoms with E-state index < -0.39 is 0 Å². The van der Waals surface area contributed by atoms with Crippen molar-refractivity contribution in [3.05, 3.63) is 23.4 Å². The zero-order valence-corrected chi connectivity index (χ0v) is 14.0. The van der Waals surface area contributed by atoms with Crippen LogP contribution < -0.4 is 5.73 Å². The molecule has 2 aromatic rings. The SMILES string of the molecule is CC(c1nc(-c2cccs2)no1)N1CCN(C(=O)CCN)CC1. The Balaban J connectivity index is 1.59. The topological polar surface area (TPSA) is 88.5 Å². The molecule has 1 atom stereocenters. The van der Waals surface area contributed by atoms with E-state index in [9.17, 15) is 4.79 Å². The quantitative estimate of drug-likeness (QED) is 0.887. The van der Waals surface area contributed by atoms with Crippen LogP contribution in [0.25, 0.3) is 10.7 Å². The second-order valence-electron chi connectivity index (χ2n) is 5.56. The molecule has 2 aromatic heterocycles. The number of amides is 1. The molecule has 0 aliphatic carbocycles. The van der Waals surface area contributed by atoms with E-state index in [4.69, 9.17) is 10.3 Å². The Morgan fingerprint density at radius 2 is 2.22 bits per heavy atom. The minimum absolute atomic E-state index is 0.0444. The molecule has 0 saturated carbocycles. The average molecular weight is 335 g/mol. The van der Waals surface area contributed by atoms with Gasteiger partial charge in [0.2, 0.25) is 17.6 Å². The monoisotopic (exact) mass is 335 g/mol. The molecule has 0 radical (unpaired) electrons. The van der Waals surface area contributed by atoms with Gasteiger partial charge in [-0.05, 0) is 18.4 Å². The summed E-state index contributed by atoms with van der Waals surface area (Å²) in [7, 11) is 0. The highest BCUT2D eigenvalue weighted by atomic mass is 32.1. The Kier molecular flexibility index (Phi) is 5.04. The van der Waals surface area contributed by atoms with Crippen LogP contribution in [0.2, 0.25) is 0 Å². The van der Waals surface area contributed by atoms with Crippen LogP contribution in [0.5, 0.6) is 0 Å². The van der Waals surface area contributed by atoms with Crippen LogP contribution in [0.3, 0.4) is 0 Å². The second kappa shape index (κ2) is 7.20. The lowest BCUT2D eigenvalue weighted by Crippen LogP contribution is -2.49. The number of aromatic nitrogens is 2. The molecule has 1 amide bonds. The molecule has 1 aliphatic heterocycles. The highest BCUT2D eigenvalue weighted by Crippen LogP contribution is 2.25. The summed E-state index contributed by atoms with van der Waals surface area (Å²) in [6.07, 6.45) is 0.420. The van der Waals surface area contributed by atoms with E-state index in [0.717, 1.165) is 31.1 Å². The van der Waals surface area contributed by atoms with Gasteiger partial charge in [0, 0.05) is 39.1 Å². The van der Waals surface area contributed by atoms with E-state index >= 15 is 0 Å². The van der Waals surface area contributed by atoms with Crippen molar-refractivity contribution in [2.24, 2.45) is 5.73 Å². The molecule has 3 rings (SSSR count). The van der Waals surface area contributed by atoms with Gasteiger partial charge >= 0.3 is 0 Å². The molecule has 0 bridgehead atoms. The van der Waals surface area contributed by atoms with Crippen molar-refractivity contribution in [1.29, 1.82) is 0 Å². The fourth-order valence-electron chi connectivity index (χ4n) is 2.71. The standard InChI is InChI=1S/C15H21N5O2S/c1-11(15-17-14(18-22-15)12-3-2-10-23-12)19-6-8-20(9-7-19)13(21)4-5-16/h2-3,10-11H,4-9,16H2,1H3. The summed E-state index contributed by atoms with van der Waals surface area (Å²) >= 11 is 1.59. The third kappa shape index (κ3) is 3.60. The van der Waals surface area contributed by atoms with Gasteiger partial charge < -0.3 is 15.2 Å². The number of carbonyl (C=O) groups is 1. The molecule has 0 aromatic carbocycles. The fraction of sp³-hybridized carbons (Fsp3) is 0.533. The maximum absolute atomic E-state index is 11.9. The van der Waals surface area contributed by atoms with E-state index in [1.54, 1.807) is 11.3 Å². The zero-order valence-electron chi connectivity index (χ0n) is 13.1. The number of nitrogens with two attached hydrogens (primary N) is 1. The van der Waals surface area contributed by atoms with Crippen molar-refractivity contribution >= 4 is 17.2 Å². The smallest absolute Gasteiger partial charge is 0.244 e. The van der Waals surface area contributed by atoms with Gasteiger partial charge in [0.15, 0.2) is 0 Å². The first kappa shape index (κ1) is 16.1. The molecule has 7 nitrogen and oxygen atoms in total. The van der Waals surface area contributed by atoms with Crippen molar-refractivity contribution in [1.82, 2.24) is 19.9 Å². The first-order valence-corrected chi connectivity index (χ1v) is 8.66. The van der Waals surface area contributed by atoms with Gasteiger partial charge in [0.05, 0.1) is 10.9 Å². The lowest BCUT2D eigenvalue weighted by atomic mass is 10.2. The van der Waals surface area contributed by atoms with E-state index in [-0.39, 0.29) is 11.9 Å². The maximum atomic E-state index is 11.9. The molecule has 3 heterocycles. The summed E-state index contributed by atoms with van der Waals surface area (Å²) < 4.78 is 5.42. The molecular formula is C15H21N5O2S. The largest absolute Gasteiger partial charge is 0.340 e. The molecule has 1 unspecified atom stereocenters. The van der Waals surface area contributed by atoms with Gasteiger partial charge in [-0.15, -0.1) is 11.3 Å². The minimum Gasteiger partial charge on any atom is -0.340 e. The molecule has 1 fully saturated rings. The Hall–Kier alpha value is -1.77. The van der Waals surface area contributed by atoms with Gasteiger partial charge in [-0.2, -0.15) is 4.98 Å². The number of thiophene rings is 1. The van der Waals surface area contributed by atoms with E-state index in [1.165, 1.54) is 0 Å². The van der Waals surface area contributed by atoms with Crippen LogP contribution >= 0.6 is 11.3 Å². The highest BCUT2D eigenvalue weighted by Gasteiger charge is 2.27. The zero-order chi connectivity index (χ0) is 16.2. The van der Waals surface area contributed by atoms with Crippen LogP contribution in [-0.2, 0) is 4.79 Å². The van der Waals surface area contributed by atoms with Crippen LogP contribution in [0.1, 0.15) is 25.3 Å². The van der Waals surface area contributed by atoms with Crippen LogP contribution in [-0.4, -0.2) is 58.6 Å². The highest BCUT2D eigenvalue weighted by molar-refractivity contribution is 7.13. The first-order chi connectivity index (χ1) is 11.2. The Morgan fingerprint density at radius 3 is 2.87 bits per heavy atom. The van der Waals surface area contributed by atoms with E-state index in [2.05, 4.69) is 22.0 Å². The molecular weight excluding hydrogens is 314 g/mol. The van der Waals surface area contributed by atoms with Crippen LogP contribution in [0.4, 0.5) is 0 Å². The Labute approximate surface area is 139 Å². The second-order valence-corrected chi connectivity index (χ2v) is 6.51. The summed E-state index contributed by atoms with van der Waals surface area (Å²) in [4.78, 5) is 21.5. The Bertz CT molecular complexity index is 634. The van der Waals surface area contributed by atoms with Crippen LogP contribution in [0.15, 0.2) is 22.0 Å². The van der Waals surface area contributed by atoms with Gasteiger partial charge in [-0.3, -0.25) is 9.69 Å². The van der Waals surface area contributed by atoms with Crippen molar-refractivity contribution in [2.45, 2.75) is 19.4 Å². The number of piperazine rings is 1. The third-order valence-electron chi connectivity index (χ3n) is 4.11. The van der Waals surface area contributed by atoms with Gasteiger partial charge in [0.25, 0.3) is 0 Å². The summed E-state index contributed by atoms with van der Waals surface area (Å²) in [6, 6.07) is 3.99. The molecule has 0 spiro atoms. The molecule has 2 N–H and O–H groups in total. The molecule has 23 heavy (non-hydrogen) atoms. The van der Waals surface area contributed by atoms with Crippen LogP contribution in [0, 0.1) is 0 Å². The predicted octanol–water partition coefficient (Wildman–Crippen LogP) is 1.35. The molecule has 1 aliphatic rings. The van der Waals surface area contributed by atoms with Gasteiger partial charge in [-0.25, -0.2) is 0 Å². The third-order valence-corrected chi connectivity index (χ3v) is 4.98. The molecule has 1 saturated heterocycles. The number of hydrogen-bond donors (Lipinski definition) is 1. The predicted molar refractivity (Wildman–Crippen MR) is 87.9 cm³/mol. The van der Waals surface area contributed by atoms with E-state index in [0.29, 0.717) is 24.7 Å². The summed E-state index contributed by atoms with van der Waals surface area (Å²) in [5.74, 6) is 1.39. The normalized spacial score (nSPS) is 17.4. The summed E-state index contributed by atoms with van der Waals surface area (Å²) in [5.41, 5.74) is 5.45. The van der Waals surface area contributed by atoms with Crippen molar-refractivity contribution in [3.63, 3.8) is 0 Å². The number of rotatable bonds is 5. The number of carbonyl (C=O) groups excluding carboxylic acids is 1. The summed E-state index contributed by atoms with van der Waals surface area (Å²) in [6.45, 7) is 5.50. The average Bonchev–Trinajstić information content (AvgIpc) is 3.25. The lowest BCUT2D eigenvalue weighted by molar-refractivity contribution is -0.133. The maximum Gasteiger partial charge on any atom is 0.244 e. The van der Waals surface area contributed by atoms with Crippen molar-refractivity contribution in [3.8, 4) is 10.7 Å². The molecule has 124 valence electrons. The van der Waals surface area contributed by atoms with Gasteiger partial charge in [-0.1, -0.05) is 11.2 Å². The Morgan fingerprint density at radius 1 is 1.43 bits per heavy atom. The minimum atomic E-state index is 0.0444. The van der Waals surface area contributed by atoms with Gasteiger partial charge in [0.1, 0.15) is 0 Å². The van der Waals surface area contributed by atoms with Crippen molar-refractivity contribution in [2.75, 3.05) is 32.7 Å². The fourth-order valence-corrected chi connectivity index (χ4v) is 3.36. The number of hydrogen-bond acceptors (Lipinski definition) is 7. The van der Waals surface area contributed by atoms with E-state index in [1.807, 2.05) is 22.4 Å². The lowest BCUT2D eigenvalue weighted by Gasteiger charge is -2.36.